The van der Waals surface area contributed by atoms with Gasteiger partial charge in [0.2, 0.25) is 0 Å². The van der Waals surface area contributed by atoms with Gasteiger partial charge in [-0.05, 0) is 68.0 Å². The van der Waals surface area contributed by atoms with E-state index in [1.807, 2.05) is 42.7 Å². The molecule has 1 fully saturated rings. The zero-order valence-electron chi connectivity index (χ0n) is 19.7. The molecule has 0 amide bonds. The van der Waals surface area contributed by atoms with Crippen LogP contribution in [0.4, 0.5) is 8.78 Å². The van der Waals surface area contributed by atoms with Gasteiger partial charge in [0, 0.05) is 41.9 Å². The molecule has 0 unspecified atom stereocenters. The maximum absolute atomic E-state index is 14.2. The molecule has 0 atom stereocenters. The first-order valence-electron chi connectivity index (χ1n) is 11.9. The second kappa shape index (κ2) is 10.4. The van der Waals surface area contributed by atoms with E-state index in [1.54, 1.807) is 7.11 Å². The van der Waals surface area contributed by atoms with Crippen LogP contribution in [0.5, 0.6) is 5.75 Å². The Hall–Kier alpha value is -3.58. The van der Waals surface area contributed by atoms with Crippen molar-refractivity contribution in [3.8, 4) is 16.9 Å². The third-order valence-electron chi connectivity index (χ3n) is 6.70. The number of nitrogens with one attached hydrogen (secondary N) is 1. The molecule has 0 radical (unpaired) electrons. The Balaban J connectivity index is 1.42. The molecule has 0 saturated carbocycles. The molecule has 5 rings (SSSR count). The lowest BCUT2D eigenvalue weighted by Crippen LogP contribution is -2.33. The fourth-order valence-corrected chi connectivity index (χ4v) is 4.75. The second-order valence-electron chi connectivity index (χ2n) is 8.88. The fourth-order valence-electron chi connectivity index (χ4n) is 4.75. The summed E-state index contributed by atoms with van der Waals surface area (Å²) in [6.07, 6.45) is 9.58. The Bertz CT molecular complexity index is 1250. The lowest BCUT2D eigenvalue weighted by atomic mass is 9.88. The zero-order chi connectivity index (χ0) is 24.2. The topological polar surface area (TPSA) is 50.3 Å². The summed E-state index contributed by atoms with van der Waals surface area (Å²) in [6.45, 7) is 2.49. The van der Waals surface area contributed by atoms with Crippen LogP contribution in [0.2, 0.25) is 0 Å². The lowest BCUT2D eigenvalue weighted by Gasteiger charge is -2.32. The van der Waals surface area contributed by atoms with E-state index in [-0.39, 0.29) is 18.0 Å². The molecule has 5 nitrogen and oxygen atoms in total. The minimum Gasteiger partial charge on any atom is -0.497 e. The SMILES string of the molecule is COc1cccc(-c2cnc(C3=CCNC=C3)nc2C2CCN(Cc3c(F)cccc3F)CC2)c1. The molecule has 3 heterocycles. The van der Waals surface area contributed by atoms with Crippen LogP contribution in [0.15, 0.2) is 67.0 Å². The molecular weight excluding hydrogens is 446 g/mol. The molecule has 0 aliphatic carbocycles. The summed E-state index contributed by atoms with van der Waals surface area (Å²) in [5.41, 5.74) is 4.14. The van der Waals surface area contributed by atoms with Gasteiger partial charge < -0.3 is 10.1 Å². The van der Waals surface area contributed by atoms with Crippen molar-refractivity contribution in [2.45, 2.75) is 25.3 Å². The minimum atomic E-state index is -0.490. The Morgan fingerprint density at radius 2 is 1.86 bits per heavy atom. The van der Waals surface area contributed by atoms with Crippen LogP contribution in [-0.4, -0.2) is 41.6 Å². The van der Waals surface area contributed by atoms with Crippen molar-refractivity contribution in [3.63, 3.8) is 0 Å². The number of halogens is 2. The first kappa shape index (κ1) is 23.2. The van der Waals surface area contributed by atoms with Crippen LogP contribution < -0.4 is 10.1 Å². The minimum absolute atomic E-state index is 0.136. The van der Waals surface area contributed by atoms with Gasteiger partial charge in [-0.3, -0.25) is 4.90 Å². The number of nitrogens with zero attached hydrogens (tertiary/aromatic N) is 3. The van der Waals surface area contributed by atoms with Crippen molar-refractivity contribution in [2.24, 2.45) is 0 Å². The number of piperidine rings is 1. The average Bonchev–Trinajstić information content (AvgIpc) is 2.91. The molecule has 3 aromatic rings. The maximum atomic E-state index is 14.2. The number of hydrogen-bond donors (Lipinski definition) is 1. The summed E-state index contributed by atoms with van der Waals surface area (Å²) in [6, 6.07) is 12.0. The molecule has 0 spiro atoms. The Kier molecular flexibility index (Phi) is 6.86. The van der Waals surface area contributed by atoms with Gasteiger partial charge in [0.05, 0.1) is 12.8 Å². The molecule has 180 valence electrons. The highest BCUT2D eigenvalue weighted by Gasteiger charge is 2.26. The molecule has 2 aromatic carbocycles. The number of rotatable bonds is 6. The van der Waals surface area contributed by atoms with Crippen LogP contribution >= 0.6 is 0 Å². The van der Waals surface area contributed by atoms with Crippen LogP contribution in [0.1, 0.15) is 35.8 Å². The number of hydrogen-bond acceptors (Lipinski definition) is 5. The highest BCUT2D eigenvalue weighted by Crippen LogP contribution is 2.36. The Labute approximate surface area is 204 Å². The van der Waals surface area contributed by atoms with E-state index in [0.717, 1.165) is 60.6 Å². The van der Waals surface area contributed by atoms with Crippen molar-refractivity contribution in [1.29, 1.82) is 0 Å². The van der Waals surface area contributed by atoms with E-state index in [2.05, 4.69) is 21.3 Å². The van der Waals surface area contributed by atoms with Crippen molar-refractivity contribution >= 4 is 5.57 Å². The third-order valence-corrected chi connectivity index (χ3v) is 6.70. The number of dihydropyridines is 1. The van der Waals surface area contributed by atoms with Gasteiger partial charge in [-0.1, -0.05) is 24.3 Å². The molecule has 7 heteroatoms. The van der Waals surface area contributed by atoms with Crippen molar-refractivity contribution in [3.05, 3.63) is 95.7 Å². The van der Waals surface area contributed by atoms with Gasteiger partial charge >= 0.3 is 0 Å². The summed E-state index contributed by atoms with van der Waals surface area (Å²) in [4.78, 5) is 11.9. The van der Waals surface area contributed by atoms with Crippen molar-refractivity contribution < 1.29 is 13.5 Å². The third kappa shape index (κ3) is 5.10. The maximum Gasteiger partial charge on any atom is 0.159 e. The summed E-state index contributed by atoms with van der Waals surface area (Å²) in [7, 11) is 1.66. The lowest BCUT2D eigenvalue weighted by molar-refractivity contribution is 0.198. The summed E-state index contributed by atoms with van der Waals surface area (Å²) >= 11 is 0. The van der Waals surface area contributed by atoms with Gasteiger partial charge in [-0.15, -0.1) is 0 Å². The first-order chi connectivity index (χ1) is 17.1. The quantitative estimate of drug-likeness (QED) is 0.525. The highest BCUT2D eigenvalue weighted by atomic mass is 19.1. The molecule has 1 saturated heterocycles. The van der Waals surface area contributed by atoms with E-state index in [4.69, 9.17) is 9.72 Å². The average molecular weight is 475 g/mol. The standard InChI is InChI=1S/C28H28F2N4O/c1-35-22-5-2-4-21(16-22)23-17-32-28(20-8-12-31-13-9-20)33-27(23)19-10-14-34(15-11-19)18-24-25(29)6-3-7-26(24)30/h2-9,12,16-17,19,31H,10-11,13-15,18H2,1H3. The van der Waals surface area contributed by atoms with Gasteiger partial charge in [-0.25, -0.2) is 18.7 Å². The zero-order valence-corrected chi connectivity index (χ0v) is 19.7. The normalized spacial score (nSPS) is 16.6. The summed E-state index contributed by atoms with van der Waals surface area (Å²) in [5, 5.41) is 3.16. The largest absolute Gasteiger partial charge is 0.497 e. The van der Waals surface area contributed by atoms with E-state index < -0.39 is 11.6 Å². The van der Waals surface area contributed by atoms with Crippen LogP contribution in [-0.2, 0) is 6.54 Å². The second-order valence-corrected chi connectivity index (χ2v) is 8.88. The predicted molar refractivity (Wildman–Crippen MR) is 133 cm³/mol. The predicted octanol–water partition coefficient (Wildman–Crippen LogP) is 5.31. The van der Waals surface area contributed by atoms with E-state index in [1.165, 1.54) is 18.2 Å². The van der Waals surface area contributed by atoms with Crippen molar-refractivity contribution in [1.82, 2.24) is 20.2 Å². The van der Waals surface area contributed by atoms with E-state index in [9.17, 15) is 8.78 Å². The van der Waals surface area contributed by atoms with Crippen LogP contribution in [0.3, 0.4) is 0 Å². The van der Waals surface area contributed by atoms with E-state index >= 15 is 0 Å². The Morgan fingerprint density at radius 3 is 2.57 bits per heavy atom. The van der Waals surface area contributed by atoms with E-state index in [0.29, 0.717) is 5.82 Å². The Morgan fingerprint density at radius 1 is 1.09 bits per heavy atom. The smallest absolute Gasteiger partial charge is 0.159 e. The number of benzene rings is 2. The molecule has 1 N–H and O–H groups in total. The molecular formula is C28H28F2N4O. The highest BCUT2D eigenvalue weighted by molar-refractivity contribution is 5.73. The van der Waals surface area contributed by atoms with Gasteiger partial charge in [-0.2, -0.15) is 0 Å². The first-order valence-corrected chi connectivity index (χ1v) is 11.9. The number of likely N-dealkylation sites (tertiary alicyclic amines) is 1. The van der Waals surface area contributed by atoms with Gasteiger partial charge in [0.1, 0.15) is 17.4 Å². The summed E-state index contributed by atoms with van der Waals surface area (Å²) < 4.78 is 33.8. The number of aromatic nitrogens is 2. The monoisotopic (exact) mass is 474 g/mol. The molecule has 35 heavy (non-hydrogen) atoms. The molecule has 1 aromatic heterocycles. The van der Waals surface area contributed by atoms with Crippen LogP contribution in [0, 0.1) is 11.6 Å². The van der Waals surface area contributed by atoms with Gasteiger partial charge in [0.25, 0.3) is 0 Å². The van der Waals surface area contributed by atoms with Crippen molar-refractivity contribution in [2.75, 3.05) is 26.7 Å². The molecule has 2 aliphatic heterocycles. The molecule has 2 aliphatic rings. The number of allylic oxidation sites excluding steroid dienone is 2. The fraction of sp³-hybridized carbons (Fsp3) is 0.286. The van der Waals surface area contributed by atoms with Crippen LogP contribution in [0.25, 0.3) is 16.7 Å². The van der Waals surface area contributed by atoms with Gasteiger partial charge in [0.15, 0.2) is 5.82 Å². The number of methoxy groups -OCH3 is 1. The number of ether oxygens (including phenoxy) is 1. The molecule has 0 bridgehead atoms. The summed E-state index contributed by atoms with van der Waals surface area (Å²) in [5.74, 6) is 0.724.